The fraction of sp³-hybridized carbons (Fsp3) is 0.360. The number of hydrogen-bond acceptors (Lipinski definition) is 9. The molecule has 4 heterocycles. The smallest absolute Gasteiger partial charge is 0.206 e. The highest BCUT2D eigenvalue weighted by Gasteiger charge is 2.22. The molecule has 0 saturated carbocycles. The van der Waals surface area contributed by atoms with Crippen LogP contribution in [0, 0.1) is 13.8 Å². The SMILES string of the molecule is CC1=C=C(c2cnc(N(Cl)c3cc(N4CCN(CCO)CC4)nc(C)n3)s2)Nc2c(C)cccc21. The number of aromatic nitrogens is 3. The highest BCUT2D eigenvalue weighted by molar-refractivity contribution is 7.17. The number of anilines is 4. The van der Waals surface area contributed by atoms with E-state index >= 15 is 0 Å². The molecule has 2 aliphatic rings. The van der Waals surface area contributed by atoms with Crippen molar-refractivity contribution in [3.05, 3.63) is 58.0 Å². The van der Waals surface area contributed by atoms with Crippen molar-refractivity contribution in [1.29, 1.82) is 0 Å². The van der Waals surface area contributed by atoms with E-state index in [4.69, 9.17) is 11.8 Å². The number of rotatable bonds is 6. The first-order valence-corrected chi connectivity index (χ1v) is 12.8. The Morgan fingerprint density at radius 1 is 1.17 bits per heavy atom. The molecule has 0 amide bonds. The van der Waals surface area contributed by atoms with Gasteiger partial charge >= 0.3 is 0 Å². The van der Waals surface area contributed by atoms with Crippen LogP contribution in [0.15, 0.2) is 36.2 Å². The zero-order valence-corrected chi connectivity index (χ0v) is 21.6. The fourth-order valence-electron chi connectivity index (χ4n) is 4.39. The number of hydrogen-bond donors (Lipinski definition) is 2. The summed E-state index contributed by atoms with van der Waals surface area (Å²) in [5.41, 5.74) is 8.89. The second-order valence-electron chi connectivity index (χ2n) is 8.72. The number of para-hydroxylation sites is 1. The predicted molar refractivity (Wildman–Crippen MR) is 143 cm³/mol. The van der Waals surface area contributed by atoms with Crippen LogP contribution in [0.5, 0.6) is 0 Å². The molecular formula is C25H28ClN7OS. The van der Waals surface area contributed by atoms with Gasteiger partial charge in [0.15, 0.2) is 5.82 Å². The molecule has 182 valence electrons. The molecule has 1 saturated heterocycles. The number of thiazole rings is 1. The van der Waals surface area contributed by atoms with Crippen LogP contribution in [0.4, 0.5) is 22.5 Å². The standard InChI is InChI=1S/C25H28ClN7OS/c1-16-5-4-6-19-17(2)13-20(30-24(16)19)21-15-27-25(35-21)33(26)23-14-22(28-18(3)29-23)32-9-7-31(8-10-32)11-12-34/h4-6,14-15,30,34H,7-12H2,1-3H3. The molecule has 1 aromatic carbocycles. The molecule has 0 radical (unpaired) electrons. The summed E-state index contributed by atoms with van der Waals surface area (Å²) in [5, 5.41) is 13.3. The second-order valence-corrected chi connectivity index (χ2v) is 10.1. The van der Waals surface area contributed by atoms with Crippen LogP contribution in [0.3, 0.4) is 0 Å². The first-order chi connectivity index (χ1) is 16.9. The van der Waals surface area contributed by atoms with Gasteiger partial charge in [0.05, 0.1) is 23.4 Å². The Hall–Kier alpha value is -2.94. The summed E-state index contributed by atoms with van der Waals surface area (Å²) >= 11 is 8.23. The Bertz CT molecular complexity index is 1310. The maximum absolute atomic E-state index is 9.19. The van der Waals surface area contributed by atoms with E-state index in [1.54, 1.807) is 0 Å². The lowest BCUT2D eigenvalue weighted by molar-refractivity contribution is 0.188. The predicted octanol–water partition coefficient (Wildman–Crippen LogP) is 4.42. The zero-order valence-electron chi connectivity index (χ0n) is 20.0. The molecule has 0 atom stereocenters. The summed E-state index contributed by atoms with van der Waals surface area (Å²) in [6.07, 6.45) is 1.82. The number of piperazine rings is 1. The van der Waals surface area contributed by atoms with Crippen LogP contribution in [-0.4, -0.2) is 64.3 Å². The van der Waals surface area contributed by atoms with Gasteiger partial charge in [-0.05, 0) is 26.3 Å². The number of nitrogens with one attached hydrogen (secondary N) is 1. The molecule has 10 heteroatoms. The van der Waals surface area contributed by atoms with Gasteiger partial charge in [-0.2, -0.15) is 0 Å². The minimum absolute atomic E-state index is 0.182. The Labute approximate surface area is 214 Å². The highest BCUT2D eigenvalue weighted by atomic mass is 35.5. The molecule has 0 bridgehead atoms. The van der Waals surface area contributed by atoms with Crippen molar-refractivity contribution in [3.8, 4) is 0 Å². The Morgan fingerprint density at radius 3 is 2.74 bits per heavy atom. The average molecular weight is 510 g/mol. The van der Waals surface area contributed by atoms with E-state index < -0.39 is 0 Å². The van der Waals surface area contributed by atoms with Crippen LogP contribution < -0.4 is 14.6 Å². The van der Waals surface area contributed by atoms with Crippen molar-refractivity contribution >= 4 is 56.8 Å². The average Bonchev–Trinajstić information content (AvgIpc) is 3.35. The van der Waals surface area contributed by atoms with Crippen LogP contribution in [0.1, 0.15) is 28.8 Å². The first kappa shape index (κ1) is 23.8. The van der Waals surface area contributed by atoms with Gasteiger partial charge in [0.1, 0.15) is 17.3 Å². The number of halogens is 1. The number of aliphatic hydroxyl groups is 1. The van der Waals surface area contributed by atoms with Gasteiger partial charge in [-0.15, -0.1) is 0 Å². The first-order valence-electron chi connectivity index (χ1n) is 11.6. The van der Waals surface area contributed by atoms with Gasteiger partial charge < -0.3 is 15.3 Å². The molecule has 2 aromatic heterocycles. The van der Waals surface area contributed by atoms with E-state index in [9.17, 15) is 5.11 Å². The van der Waals surface area contributed by atoms with Gasteiger partial charge in [0, 0.05) is 61.7 Å². The minimum Gasteiger partial charge on any atom is -0.395 e. The topological polar surface area (TPSA) is 80.7 Å². The van der Waals surface area contributed by atoms with Gasteiger partial charge in [0.2, 0.25) is 5.13 Å². The molecule has 35 heavy (non-hydrogen) atoms. The van der Waals surface area contributed by atoms with Crippen LogP contribution in [-0.2, 0) is 0 Å². The van der Waals surface area contributed by atoms with E-state index in [-0.39, 0.29) is 6.61 Å². The highest BCUT2D eigenvalue weighted by Crippen LogP contribution is 2.38. The van der Waals surface area contributed by atoms with Crippen LogP contribution in [0.25, 0.3) is 11.3 Å². The molecule has 0 spiro atoms. The van der Waals surface area contributed by atoms with Crippen molar-refractivity contribution in [2.45, 2.75) is 20.8 Å². The van der Waals surface area contributed by atoms with Crippen molar-refractivity contribution in [3.63, 3.8) is 0 Å². The van der Waals surface area contributed by atoms with Crippen molar-refractivity contribution in [1.82, 2.24) is 19.9 Å². The Kier molecular flexibility index (Phi) is 6.77. The molecule has 1 fully saturated rings. The van der Waals surface area contributed by atoms with E-state index in [1.165, 1.54) is 26.9 Å². The summed E-state index contributed by atoms with van der Waals surface area (Å²) in [6, 6.07) is 8.18. The normalized spacial score (nSPS) is 15.9. The number of nitrogens with zero attached hydrogens (tertiary/aromatic N) is 6. The third-order valence-electron chi connectivity index (χ3n) is 6.27. The monoisotopic (exact) mass is 509 g/mol. The number of aliphatic hydroxyl groups excluding tert-OH is 1. The van der Waals surface area contributed by atoms with Crippen LogP contribution >= 0.6 is 23.1 Å². The van der Waals surface area contributed by atoms with E-state index in [0.29, 0.717) is 23.3 Å². The molecule has 5 rings (SSSR count). The van der Waals surface area contributed by atoms with Gasteiger partial charge in [0.25, 0.3) is 0 Å². The van der Waals surface area contributed by atoms with Crippen LogP contribution in [0.2, 0.25) is 0 Å². The van der Waals surface area contributed by atoms with Crippen molar-refractivity contribution in [2.24, 2.45) is 0 Å². The largest absolute Gasteiger partial charge is 0.395 e. The molecule has 2 aliphatic heterocycles. The van der Waals surface area contributed by atoms with Crippen molar-refractivity contribution in [2.75, 3.05) is 54.0 Å². The maximum atomic E-state index is 9.19. The molecule has 0 unspecified atom stereocenters. The fourth-order valence-corrected chi connectivity index (χ4v) is 5.41. The summed E-state index contributed by atoms with van der Waals surface area (Å²) in [4.78, 5) is 19.2. The summed E-state index contributed by atoms with van der Waals surface area (Å²) in [6.45, 7) is 10.4. The number of fused-ring (bicyclic) bond motifs is 1. The summed E-state index contributed by atoms with van der Waals surface area (Å²) in [7, 11) is 0. The molecule has 2 N–H and O–H groups in total. The molecule has 8 nitrogen and oxygen atoms in total. The molecule has 0 aliphatic carbocycles. The second kappa shape index (κ2) is 9.97. The lowest BCUT2D eigenvalue weighted by Crippen LogP contribution is -2.47. The summed E-state index contributed by atoms with van der Waals surface area (Å²) in [5.74, 6) is 2.09. The van der Waals surface area contributed by atoms with E-state index in [1.807, 2.05) is 19.2 Å². The third kappa shape index (κ3) is 4.91. The number of allylic oxidation sites excluding steroid dienone is 1. The summed E-state index contributed by atoms with van der Waals surface area (Å²) < 4.78 is 1.49. The third-order valence-corrected chi connectivity index (χ3v) is 7.71. The quantitative estimate of drug-likeness (QED) is 0.373. The number of β-amino-alcohol motifs (C(OH)–C–C–N with tert-alkyl or cyclic N) is 1. The van der Waals surface area contributed by atoms with Crippen molar-refractivity contribution < 1.29 is 5.11 Å². The van der Waals surface area contributed by atoms with Gasteiger partial charge in [-0.1, -0.05) is 35.3 Å². The maximum Gasteiger partial charge on any atom is 0.206 e. The lowest BCUT2D eigenvalue weighted by atomic mass is 9.99. The Morgan fingerprint density at radius 2 is 1.97 bits per heavy atom. The van der Waals surface area contributed by atoms with Gasteiger partial charge in [-0.25, -0.2) is 19.4 Å². The van der Waals surface area contributed by atoms with Gasteiger partial charge in [-0.3, -0.25) is 4.90 Å². The zero-order chi connectivity index (χ0) is 24.5. The minimum atomic E-state index is 0.182. The van der Waals surface area contributed by atoms with E-state index in [0.717, 1.165) is 53.8 Å². The lowest BCUT2D eigenvalue weighted by Gasteiger charge is -2.35. The Balaban J connectivity index is 1.37. The van der Waals surface area contributed by atoms with E-state index in [2.05, 4.69) is 67.8 Å². The number of benzene rings is 1. The molecule has 3 aromatic rings. The molecular weight excluding hydrogens is 482 g/mol. The number of aryl methyl sites for hydroxylation is 2.